The summed E-state index contributed by atoms with van der Waals surface area (Å²) in [7, 11) is 1.12. The molecule has 0 aliphatic carbocycles. The molecule has 0 saturated carbocycles. The Morgan fingerprint density at radius 1 is 1.26 bits per heavy atom. The Labute approximate surface area is 130 Å². The van der Waals surface area contributed by atoms with E-state index in [1.54, 1.807) is 13.8 Å². The Balaban J connectivity index is 2.32. The maximum absolute atomic E-state index is 13.4. The second-order valence-electron chi connectivity index (χ2n) is 4.75. The summed E-state index contributed by atoms with van der Waals surface area (Å²) in [5.41, 5.74) is 0.381. The number of oxazole rings is 1. The zero-order chi connectivity index (χ0) is 17.1. The molecule has 6 nitrogen and oxygen atoms in total. The molecule has 1 unspecified atom stereocenters. The van der Waals surface area contributed by atoms with Crippen molar-refractivity contribution in [3.63, 3.8) is 0 Å². The number of halogens is 2. The Kier molecular flexibility index (Phi) is 4.73. The Morgan fingerprint density at radius 3 is 2.48 bits per heavy atom. The van der Waals surface area contributed by atoms with Crippen molar-refractivity contribution in [2.75, 3.05) is 7.11 Å². The van der Waals surface area contributed by atoms with Crippen LogP contribution >= 0.6 is 0 Å². The van der Waals surface area contributed by atoms with Crippen LogP contribution in [0.25, 0.3) is 0 Å². The molecule has 0 aliphatic rings. The number of ether oxygens (including phenoxy) is 1. The van der Waals surface area contributed by atoms with E-state index in [1.165, 1.54) is 6.07 Å². The standard InChI is InChI=1S/C15H14F2N2O4/c1-7-13(23-8(2)18-7)14(20)19-12(15(21)22-3)9-4-5-10(16)11(17)6-9/h4-6,12H,1-3H3,(H,19,20). The zero-order valence-corrected chi connectivity index (χ0v) is 12.6. The normalized spacial score (nSPS) is 11.9. The molecule has 0 saturated heterocycles. The van der Waals surface area contributed by atoms with Gasteiger partial charge >= 0.3 is 5.97 Å². The van der Waals surface area contributed by atoms with Gasteiger partial charge in [-0.1, -0.05) is 6.07 Å². The summed E-state index contributed by atoms with van der Waals surface area (Å²) < 4.78 is 36.1. The van der Waals surface area contributed by atoms with Crippen molar-refractivity contribution in [2.45, 2.75) is 19.9 Å². The molecule has 122 valence electrons. The predicted octanol–water partition coefficient (Wildman–Crippen LogP) is 2.21. The molecule has 0 fully saturated rings. The SMILES string of the molecule is COC(=O)C(NC(=O)c1oc(C)nc1C)c1ccc(F)c(F)c1. The summed E-state index contributed by atoms with van der Waals surface area (Å²) in [6.07, 6.45) is 0. The van der Waals surface area contributed by atoms with Crippen molar-refractivity contribution in [1.82, 2.24) is 10.3 Å². The molecule has 2 rings (SSSR count). The van der Waals surface area contributed by atoms with E-state index < -0.39 is 29.6 Å². The highest BCUT2D eigenvalue weighted by Gasteiger charge is 2.27. The molecule has 0 radical (unpaired) electrons. The van der Waals surface area contributed by atoms with Crippen molar-refractivity contribution in [3.05, 3.63) is 52.7 Å². The van der Waals surface area contributed by atoms with Gasteiger partial charge in [0.05, 0.1) is 12.8 Å². The minimum atomic E-state index is -1.31. The van der Waals surface area contributed by atoms with Gasteiger partial charge in [-0.05, 0) is 24.6 Å². The lowest BCUT2D eigenvalue weighted by molar-refractivity contribution is -0.143. The number of hydrogen-bond acceptors (Lipinski definition) is 5. The molecule has 2 aromatic rings. The number of aromatic nitrogens is 1. The molecular formula is C15H14F2N2O4. The summed E-state index contributed by atoms with van der Waals surface area (Å²) in [5.74, 6) is -3.54. The lowest BCUT2D eigenvalue weighted by atomic mass is 10.1. The maximum Gasteiger partial charge on any atom is 0.333 e. The first kappa shape index (κ1) is 16.6. The van der Waals surface area contributed by atoms with Crippen molar-refractivity contribution in [3.8, 4) is 0 Å². The fraction of sp³-hybridized carbons (Fsp3) is 0.267. The van der Waals surface area contributed by atoms with E-state index >= 15 is 0 Å². The van der Waals surface area contributed by atoms with Crippen LogP contribution in [0.5, 0.6) is 0 Å². The average Bonchev–Trinajstić information content (AvgIpc) is 2.85. The van der Waals surface area contributed by atoms with Gasteiger partial charge in [0.2, 0.25) is 5.76 Å². The van der Waals surface area contributed by atoms with E-state index in [4.69, 9.17) is 4.42 Å². The molecule has 1 N–H and O–H groups in total. The highest BCUT2D eigenvalue weighted by molar-refractivity contribution is 5.95. The Bertz CT molecular complexity index is 758. The third-order valence-corrected chi connectivity index (χ3v) is 3.10. The fourth-order valence-electron chi connectivity index (χ4n) is 2.03. The Hall–Kier alpha value is -2.77. The number of benzene rings is 1. The number of methoxy groups -OCH3 is 1. The second-order valence-corrected chi connectivity index (χ2v) is 4.75. The van der Waals surface area contributed by atoms with Crippen LogP contribution < -0.4 is 5.32 Å². The van der Waals surface area contributed by atoms with Crippen LogP contribution in [0.15, 0.2) is 22.6 Å². The molecule has 1 heterocycles. The number of carbonyl (C=O) groups is 2. The van der Waals surface area contributed by atoms with E-state index in [-0.39, 0.29) is 17.2 Å². The average molecular weight is 324 g/mol. The van der Waals surface area contributed by atoms with Gasteiger partial charge in [-0.3, -0.25) is 4.79 Å². The van der Waals surface area contributed by atoms with Gasteiger partial charge in [0.1, 0.15) is 0 Å². The van der Waals surface area contributed by atoms with E-state index in [2.05, 4.69) is 15.0 Å². The van der Waals surface area contributed by atoms with Crippen molar-refractivity contribution < 1.29 is 27.5 Å². The van der Waals surface area contributed by atoms with Crippen LogP contribution in [-0.4, -0.2) is 24.0 Å². The van der Waals surface area contributed by atoms with Crippen molar-refractivity contribution >= 4 is 11.9 Å². The largest absolute Gasteiger partial charge is 0.467 e. The number of nitrogens with zero attached hydrogens (tertiary/aromatic N) is 1. The summed E-state index contributed by atoms with van der Waals surface area (Å²) in [4.78, 5) is 28.0. The number of aryl methyl sites for hydroxylation is 2. The second kappa shape index (κ2) is 6.55. The zero-order valence-electron chi connectivity index (χ0n) is 12.6. The molecule has 0 bridgehead atoms. The van der Waals surface area contributed by atoms with Gasteiger partial charge in [-0.2, -0.15) is 0 Å². The monoisotopic (exact) mass is 324 g/mol. The molecule has 1 aromatic carbocycles. The topological polar surface area (TPSA) is 81.4 Å². The summed E-state index contributed by atoms with van der Waals surface area (Å²) >= 11 is 0. The smallest absolute Gasteiger partial charge is 0.333 e. The quantitative estimate of drug-likeness (QED) is 0.872. The first-order valence-corrected chi connectivity index (χ1v) is 6.61. The van der Waals surface area contributed by atoms with Gasteiger partial charge < -0.3 is 14.5 Å². The number of amides is 1. The van der Waals surface area contributed by atoms with Crippen LogP contribution in [0.4, 0.5) is 8.78 Å². The van der Waals surface area contributed by atoms with Gasteiger partial charge in [0.25, 0.3) is 5.91 Å². The van der Waals surface area contributed by atoms with E-state index in [0.717, 1.165) is 19.2 Å². The number of nitrogens with one attached hydrogen (secondary N) is 1. The van der Waals surface area contributed by atoms with Crippen LogP contribution in [0, 0.1) is 25.5 Å². The van der Waals surface area contributed by atoms with E-state index in [9.17, 15) is 18.4 Å². The summed E-state index contributed by atoms with van der Waals surface area (Å²) in [6, 6.07) is 1.54. The van der Waals surface area contributed by atoms with Gasteiger partial charge in [0, 0.05) is 6.92 Å². The first-order chi connectivity index (χ1) is 10.8. The molecule has 8 heteroatoms. The number of carbonyl (C=O) groups excluding carboxylic acids is 2. The Morgan fingerprint density at radius 2 is 1.96 bits per heavy atom. The molecular weight excluding hydrogens is 310 g/mol. The van der Waals surface area contributed by atoms with Gasteiger partial charge in [-0.25, -0.2) is 18.6 Å². The lowest BCUT2D eigenvalue weighted by Crippen LogP contribution is -2.34. The van der Waals surface area contributed by atoms with Crippen LogP contribution in [0.3, 0.4) is 0 Å². The fourth-order valence-corrected chi connectivity index (χ4v) is 2.03. The lowest BCUT2D eigenvalue weighted by Gasteiger charge is -2.16. The highest BCUT2D eigenvalue weighted by Crippen LogP contribution is 2.19. The molecule has 1 aromatic heterocycles. The summed E-state index contributed by atoms with van der Waals surface area (Å²) in [5, 5.41) is 2.36. The van der Waals surface area contributed by atoms with Crippen LogP contribution in [0.1, 0.15) is 33.7 Å². The van der Waals surface area contributed by atoms with Crippen molar-refractivity contribution in [1.29, 1.82) is 0 Å². The first-order valence-electron chi connectivity index (χ1n) is 6.61. The molecule has 0 aliphatic heterocycles. The van der Waals surface area contributed by atoms with E-state index in [1.807, 2.05) is 0 Å². The van der Waals surface area contributed by atoms with Crippen molar-refractivity contribution in [2.24, 2.45) is 0 Å². The van der Waals surface area contributed by atoms with Gasteiger partial charge in [0.15, 0.2) is 23.6 Å². The van der Waals surface area contributed by atoms with Crippen LogP contribution in [-0.2, 0) is 9.53 Å². The number of esters is 1. The van der Waals surface area contributed by atoms with Crippen LogP contribution in [0.2, 0.25) is 0 Å². The molecule has 1 atom stereocenters. The minimum Gasteiger partial charge on any atom is -0.467 e. The van der Waals surface area contributed by atoms with E-state index in [0.29, 0.717) is 5.69 Å². The number of rotatable bonds is 4. The summed E-state index contributed by atoms with van der Waals surface area (Å²) in [6.45, 7) is 3.13. The molecule has 23 heavy (non-hydrogen) atoms. The minimum absolute atomic E-state index is 0.0398. The third-order valence-electron chi connectivity index (χ3n) is 3.10. The number of hydrogen-bond donors (Lipinski definition) is 1. The molecule has 1 amide bonds. The third kappa shape index (κ3) is 3.53. The highest BCUT2D eigenvalue weighted by atomic mass is 19.2. The maximum atomic E-state index is 13.4. The molecule has 0 spiro atoms. The van der Waals surface area contributed by atoms with Gasteiger partial charge in [-0.15, -0.1) is 0 Å². The predicted molar refractivity (Wildman–Crippen MR) is 74.6 cm³/mol.